The van der Waals surface area contributed by atoms with E-state index in [0.717, 1.165) is 43.4 Å². The molecule has 0 bridgehead atoms. The third-order valence-electron chi connectivity index (χ3n) is 4.70. The summed E-state index contributed by atoms with van der Waals surface area (Å²) in [5, 5.41) is 3.18. The van der Waals surface area contributed by atoms with Gasteiger partial charge in [-0.3, -0.25) is 4.79 Å². The summed E-state index contributed by atoms with van der Waals surface area (Å²) in [6.07, 6.45) is 1.03. The summed E-state index contributed by atoms with van der Waals surface area (Å²) in [4.78, 5) is 24.3. The molecule has 23 heavy (non-hydrogen) atoms. The second kappa shape index (κ2) is 5.91. The van der Waals surface area contributed by atoms with Gasteiger partial charge in [0, 0.05) is 53.1 Å². The van der Waals surface area contributed by atoms with E-state index in [1.54, 1.807) is 11.3 Å². The molecule has 4 rings (SSSR count). The maximum absolute atomic E-state index is 12.7. The van der Waals surface area contributed by atoms with Crippen molar-refractivity contribution >= 4 is 33.7 Å². The first-order valence-corrected chi connectivity index (χ1v) is 9.83. The number of piperazine rings is 1. The molecule has 0 spiro atoms. The van der Waals surface area contributed by atoms with Crippen molar-refractivity contribution in [1.29, 1.82) is 0 Å². The molecule has 1 amide bonds. The lowest BCUT2D eigenvalue weighted by Crippen LogP contribution is -2.49. The minimum Gasteiger partial charge on any atom is -0.345 e. The molecule has 0 unspecified atom stereocenters. The first-order chi connectivity index (χ1) is 11.1. The van der Waals surface area contributed by atoms with Crippen LogP contribution in [0.15, 0.2) is 17.5 Å². The zero-order valence-electron chi connectivity index (χ0n) is 13.5. The van der Waals surface area contributed by atoms with Crippen molar-refractivity contribution in [3.63, 3.8) is 0 Å². The molecule has 1 saturated carbocycles. The molecule has 2 aliphatic rings. The van der Waals surface area contributed by atoms with E-state index in [0.29, 0.717) is 11.8 Å². The van der Waals surface area contributed by atoms with Gasteiger partial charge < -0.3 is 9.80 Å². The van der Waals surface area contributed by atoms with E-state index in [-0.39, 0.29) is 5.92 Å². The Morgan fingerprint density at radius 3 is 2.61 bits per heavy atom. The van der Waals surface area contributed by atoms with Crippen molar-refractivity contribution < 1.29 is 4.79 Å². The van der Waals surface area contributed by atoms with E-state index in [9.17, 15) is 4.79 Å². The smallest absolute Gasteiger partial charge is 0.226 e. The lowest BCUT2D eigenvalue weighted by Gasteiger charge is -2.34. The van der Waals surface area contributed by atoms with Gasteiger partial charge >= 0.3 is 0 Å². The topological polar surface area (TPSA) is 36.4 Å². The van der Waals surface area contributed by atoms with Crippen molar-refractivity contribution in [3.05, 3.63) is 33.0 Å². The van der Waals surface area contributed by atoms with Crippen LogP contribution in [0, 0.1) is 19.8 Å². The molecular weight excluding hydrogens is 326 g/mol. The Bertz CT molecular complexity index is 715. The standard InChI is InChI=1S/C17H21N3OS2/c1-11-10-22-17(18-11)20-7-5-19(6-8-20)16(21)14-9-13(14)15-4-3-12(2)23-15/h3-4,10,13-14H,5-9H2,1-2H3/t13-,14+/m0/s1. The zero-order valence-corrected chi connectivity index (χ0v) is 15.1. The van der Waals surface area contributed by atoms with Crippen molar-refractivity contribution in [2.24, 2.45) is 5.92 Å². The number of aryl methyl sites for hydroxylation is 2. The molecule has 4 nitrogen and oxygen atoms in total. The molecule has 122 valence electrons. The van der Waals surface area contributed by atoms with Crippen molar-refractivity contribution in [2.75, 3.05) is 31.1 Å². The molecule has 0 radical (unpaired) electrons. The largest absolute Gasteiger partial charge is 0.345 e. The van der Waals surface area contributed by atoms with Crippen LogP contribution in [0.2, 0.25) is 0 Å². The Morgan fingerprint density at radius 1 is 1.22 bits per heavy atom. The molecule has 6 heteroatoms. The van der Waals surface area contributed by atoms with Gasteiger partial charge in [-0.05, 0) is 32.4 Å². The van der Waals surface area contributed by atoms with Crippen LogP contribution < -0.4 is 4.90 Å². The Hall–Kier alpha value is -1.40. The summed E-state index contributed by atoms with van der Waals surface area (Å²) >= 11 is 3.54. The van der Waals surface area contributed by atoms with Crippen LogP contribution in [-0.4, -0.2) is 42.0 Å². The van der Waals surface area contributed by atoms with Crippen LogP contribution in [0.4, 0.5) is 5.13 Å². The van der Waals surface area contributed by atoms with Gasteiger partial charge in [0.05, 0.1) is 5.69 Å². The maximum atomic E-state index is 12.7. The first-order valence-electron chi connectivity index (χ1n) is 8.14. The molecule has 2 fully saturated rings. The van der Waals surface area contributed by atoms with E-state index in [2.05, 4.69) is 39.2 Å². The summed E-state index contributed by atoms with van der Waals surface area (Å²) in [6.45, 7) is 7.60. The minimum atomic E-state index is 0.224. The van der Waals surface area contributed by atoms with E-state index in [4.69, 9.17) is 0 Å². The number of carbonyl (C=O) groups excluding carboxylic acids is 1. The van der Waals surface area contributed by atoms with Gasteiger partial charge in [0.2, 0.25) is 5.91 Å². The number of carbonyl (C=O) groups is 1. The Morgan fingerprint density at radius 2 is 2.00 bits per heavy atom. The lowest BCUT2D eigenvalue weighted by molar-refractivity contribution is -0.132. The third kappa shape index (κ3) is 3.02. The van der Waals surface area contributed by atoms with Gasteiger partial charge in [0.25, 0.3) is 0 Å². The summed E-state index contributed by atoms with van der Waals surface area (Å²) in [7, 11) is 0. The molecule has 1 saturated heterocycles. The van der Waals surface area contributed by atoms with E-state index < -0.39 is 0 Å². The number of aromatic nitrogens is 1. The number of hydrogen-bond acceptors (Lipinski definition) is 5. The molecular formula is C17H21N3OS2. The normalized spacial score (nSPS) is 24.1. The number of nitrogens with zero attached hydrogens (tertiary/aromatic N) is 3. The van der Waals surface area contributed by atoms with Crippen LogP contribution >= 0.6 is 22.7 Å². The second-order valence-corrected chi connectivity index (χ2v) is 8.64. The summed E-state index contributed by atoms with van der Waals surface area (Å²) in [5.41, 5.74) is 1.08. The second-order valence-electron chi connectivity index (χ2n) is 6.48. The lowest BCUT2D eigenvalue weighted by atomic mass is 10.2. The van der Waals surface area contributed by atoms with Crippen LogP contribution in [0.1, 0.15) is 27.8 Å². The number of anilines is 1. The molecule has 2 atom stereocenters. The summed E-state index contributed by atoms with van der Waals surface area (Å²) in [5.74, 6) is 1.05. The monoisotopic (exact) mass is 347 g/mol. The highest BCUT2D eigenvalue weighted by Gasteiger charge is 2.46. The van der Waals surface area contributed by atoms with Crippen molar-refractivity contribution in [2.45, 2.75) is 26.2 Å². The van der Waals surface area contributed by atoms with Gasteiger partial charge in [-0.25, -0.2) is 4.98 Å². The molecule has 0 aromatic carbocycles. The van der Waals surface area contributed by atoms with Gasteiger partial charge in [0.1, 0.15) is 0 Å². The predicted octanol–water partition coefficient (Wildman–Crippen LogP) is 3.27. The summed E-state index contributed by atoms with van der Waals surface area (Å²) < 4.78 is 0. The fourth-order valence-corrected chi connectivity index (χ4v) is 5.19. The zero-order chi connectivity index (χ0) is 16.0. The molecule has 2 aromatic heterocycles. The quantitative estimate of drug-likeness (QED) is 0.855. The van der Waals surface area contributed by atoms with Crippen molar-refractivity contribution in [1.82, 2.24) is 9.88 Å². The number of amides is 1. The SMILES string of the molecule is Cc1csc(N2CCN(C(=O)[C@@H]3C[C@@H]3c3ccc(C)s3)CC2)n1. The highest BCUT2D eigenvalue weighted by Crippen LogP contribution is 2.50. The molecule has 0 N–H and O–H groups in total. The van der Waals surface area contributed by atoms with Crippen LogP contribution in [0.3, 0.4) is 0 Å². The molecule has 2 aromatic rings. The van der Waals surface area contributed by atoms with Crippen LogP contribution in [0.25, 0.3) is 0 Å². The number of thiazole rings is 1. The Labute approximate surface area is 144 Å². The Kier molecular flexibility index (Phi) is 3.89. The molecule has 1 aliphatic carbocycles. The number of hydrogen-bond donors (Lipinski definition) is 0. The minimum absolute atomic E-state index is 0.224. The van der Waals surface area contributed by atoms with E-state index in [1.807, 2.05) is 18.3 Å². The van der Waals surface area contributed by atoms with Gasteiger partial charge in [-0.2, -0.15) is 0 Å². The molecule has 3 heterocycles. The average Bonchev–Trinajstić information content (AvgIpc) is 3.05. The fraction of sp³-hybridized carbons (Fsp3) is 0.529. The van der Waals surface area contributed by atoms with Crippen LogP contribution in [0.5, 0.6) is 0 Å². The third-order valence-corrected chi connectivity index (χ3v) is 6.85. The average molecular weight is 348 g/mol. The van der Waals surface area contributed by atoms with Gasteiger partial charge in [0.15, 0.2) is 5.13 Å². The fourth-order valence-electron chi connectivity index (χ4n) is 3.27. The predicted molar refractivity (Wildman–Crippen MR) is 95.5 cm³/mol. The maximum Gasteiger partial charge on any atom is 0.226 e. The number of thiophene rings is 1. The molecule has 1 aliphatic heterocycles. The van der Waals surface area contributed by atoms with E-state index >= 15 is 0 Å². The van der Waals surface area contributed by atoms with Crippen molar-refractivity contribution in [3.8, 4) is 0 Å². The van der Waals surface area contributed by atoms with Gasteiger partial charge in [-0.15, -0.1) is 22.7 Å². The highest BCUT2D eigenvalue weighted by molar-refractivity contribution is 7.13. The highest BCUT2D eigenvalue weighted by atomic mass is 32.1. The van der Waals surface area contributed by atoms with E-state index in [1.165, 1.54) is 9.75 Å². The first kappa shape index (κ1) is 15.1. The van der Waals surface area contributed by atoms with Gasteiger partial charge in [-0.1, -0.05) is 0 Å². The van der Waals surface area contributed by atoms with Crippen LogP contribution in [-0.2, 0) is 4.79 Å². The summed E-state index contributed by atoms with van der Waals surface area (Å²) in [6, 6.07) is 4.36. The Balaban J connectivity index is 1.33. The number of rotatable bonds is 3.